The largest absolute Gasteiger partial charge is 0.349 e. The molecule has 0 aliphatic rings. The van der Waals surface area contributed by atoms with Crippen molar-refractivity contribution in [1.82, 2.24) is 5.32 Å². The Morgan fingerprint density at radius 1 is 1.04 bits per heavy atom. The van der Waals surface area contributed by atoms with Crippen LogP contribution in [0, 0.1) is 13.8 Å². The first-order valence-electron chi connectivity index (χ1n) is 8.00. The Kier molecular flexibility index (Phi) is 6.28. The molecule has 2 rings (SSSR count). The van der Waals surface area contributed by atoms with Gasteiger partial charge in [0.15, 0.2) is 0 Å². The Labute approximate surface area is 143 Å². The summed E-state index contributed by atoms with van der Waals surface area (Å²) in [5, 5.41) is 3.05. The van der Waals surface area contributed by atoms with Crippen molar-refractivity contribution in [2.45, 2.75) is 44.7 Å². The van der Waals surface area contributed by atoms with Crippen molar-refractivity contribution < 1.29 is 4.79 Å². The first-order valence-corrected chi connectivity index (χ1v) is 9.05. The van der Waals surface area contributed by atoms with E-state index in [9.17, 15) is 4.79 Å². The van der Waals surface area contributed by atoms with E-state index >= 15 is 0 Å². The molecule has 1 amide bonds. The van der Waals surface area contributed by atoms with Crippen molar-refractivity contribution in [3.63, 3.8) is 0 Å². The molecule has 0 heterocycles. The minimum absolute atomic E-state index is 0.0292. The average Bonchev–Trinajstić information content (AvgIpc) is 2.55. The average molecular weight is 327 g/mol. The van der Waals surface area contributed by atoms with Crippen LogP contribution < -0.4 is 5.32 Å². The summed E-state index contributed by atoms with van der Waals surface area (Å²) in [6.45, 7) is 8.21. The van der Waals surface area contributed by atoms with Crippen LogP contribution in [0.4, 0.5) is 0 Å². The Morgan fingerprint density at radius 2 is 1.74 bits per heavy atom. The number of carbonyl (C=O) groups is 1. The van der Waals surface area contributed by atoms with Crippen LogP contribution >= 0.6 is 11.8 Å². The lowest BCUT2D eigenvalue weighted by molar-refractivity contribution is -0.120. The summed E-state index contributed by atoms with van der Waals surface area (Å²) in [5.74, 6) is 0.949. The van der Waals surface area contributed by atoms with Gasteiger partial charge in [-0.05, 0) is 49.9 Å². The number of hydrogen-bond donors (Lipinski definition) is 1. The maximum absolute atomic E-state index is 12.4. The number of amides is 1. The molecule has 0 bridgehead atoms. The monoisotopic (exact) mass is 327 g/mol. The summed E-state index contributed by atoms with van der Waals surface area (Å²) in [5.41, 5.74) is 4.94. The smallest absolute Gasteiger partial charge is 0.233 e. The van der Waals surface area contributed by atoms with Crippen LogP contribution in [0.25, 0.3) is 0 Å². The SMILES string of the molecule is Cc1ccc([C@H](C)NC(=O)[C@@H](C)SCc2ccccc2)cc1C. The van der Waals surface area contributed by atoms with E-state index in [0.29, 0.717) is 0 Å². The van der Waals surface area contributed by atoms with Crippen molar-refractivity contribution in [3.05, 3.63) is 70.8 Å². The lowest BCUT2D eigenvalue weighted by Crippen LogP contribution is -2.33. The van der Waals surface area contributed by atoms with E-state index in [1.54, 1.807) is 11.8 Å². The quantitative estimate of drug-likeness (QED) is 0.825. The zero-order valence-corrected chi connectivity index (χ0v) is 15.1. The van der Waals surface area contributed by atoms with Gasteiger partial charge in [-0.1, -0.05) is 48.5 Å². The fraction of sp³-hybridized carbons (Fsp3) is 0.350. The van der Waals surface area contributed by atoms with Crippen molar-refractivity contribution in [2.75, 3.05) is 0 Å². The second-order valence-corrected chi connectivity index (χ2v) is 7.34. The van der Waals surface area contributed by atoms with Crippen LogP contribution in [-0.2, 0) is 10.5 Å². The number of nitrogens with one attached hydrogen (secondary N) is 1. The molecule has 0 aliphatic carbocycles. The van der Waals surface area contributed by atoms with Crippen molar-refractivity contribution in [3.8, 4) is 0 Å². The molecule has 23 heavy (non-hydrogen) atoms. The molecule has 0 unspecified atom stereocenters. The molecule has 3 heteroatoms. The predicted octanol–water partition coefficient (Wildman–Crippen LogP) is 4.80. The Bertz CT molecular complexity index is 654. The summed E-state index contributed by atoms with van der Waals surface area (Å²) in [4.78, 5) is 12.4. The molecule has 0 saturated heterocycles. The molecule has 0 saturated carbocycles. The molecule has 2 aromatic carbocycles. The topological polar surface area (TPSA) is 29.1 Å². The number of hydrogen-bond acceptors (Lipinski definition) is 2. The fourth-order valence-electron chi connectivity index (χ4n) is 2.32. The number of benzene rings is 2. The normalized spacial score (nSPS) is 13.4. The van der Waals surface area contributed by atoms with Crippen LogP contribution in [0.15, 0.2) is 48.5 Å². The minimum Gasteiger partial charge on any atom is -0.349 e. The molecule has 0 spiro atoms. The standard InChI is InChI=1S/C20H25NOS/c1-14-10-11-19(12-15(14)2)16(3)21-20(22)17(4)23-13-18-8-6-5-7-9-18/h5-12,16-17H,13H2,1-4H3,(H,21,22)/t16-,17+/m0/s1. The van der Waals surface area contributed by atoms with Gasteiger partial charge in [0, 0.05) is 5.75 Å². The molecule has 0 aliphatic heterocycles. The Hall–Kier alpha value is -1.74. The lowest BCUT2D eigenvalue weighted by Gasteiger charge is -2.18. The van der Waals surface area contributed by atoms with Crippen LogP contribution in [0.1, 0.15) is 42.1 Å². The van der Waals surface area contributed by atoms with Crippen molar-refractivity contribution in [2.24, 2.45) is 0 Å². The number of rotatable bonds is 6. The number of carbonyl (C=O) groups excluding carboxylic acids is 1. The van der Waals surface area contributed by atoms with Crippen LogP contribution in [0.2, 0.25) is 0 Å². The van der Waals surface area contributed by atoms with Gasteiger partial charge in [0.2, 0.25) is 5.91 Å². The zero-order valence-electron chi connectivity index (χ0n) is 14.3. The van der Waals surface area contributed by atoms with Gasteiger partial charge in [0.1, 0.15) is 0 Å². The van der Waals surface area contributed by atoms with Crippen molar-refractivity contribution >= 4 is 17.7 Å². The van der Waals surface area contributed by atoms with Crippen LogP contribution in [-0.4, -0.2) is 11.2 Å². The molecule has 122 valence electrons. The molecule has 1 N–H and O–H groups in total. The summed E-state index contributed by atoms with van der Waals surface area (Å²) >= 11 is 1.67. The third-order valence-electron chi connectivity index (χ3n) is 4.10. The Morgan fingerprint density at radius 3 is 2.39 bits per heavy atom. The van der Waals surface area contributed by atoms with Gasteiger partial charge < -0.3 is 5.32 Å². The van der Waals surface area contributed by atoms with Crippen molar-refractivity contribution in [1.29, 1.82) is 0 Å². The van der Waals surface area contributed by atoms with Gasteiger partial charge in [-0.15, -0.1) is 11.8 Å². The van der Waals surface area contributed by atoms with E-state index in [-0.39, 0.29) is 17.2 Å². The molecule has 0 radical (unpaired) electrons. The van der Waals surface area contributed by atoms with Gasteiger partial charge in [0.05, 0.1) is 11.3 Å². The predicted molar refractivity (Wildman–Crippen MR) is 99.7 cm³/mol. The number of aryl methyl sites for hydroxylation is 2. The number of thioether (sulfide) groups is 1. The minimum atomic E-state index is -0.0656. The maximum Gasteiger partial charge on any atom is 0.233 e. The second-order valence-electron chi connectivity index (χ2n) is 6.01. The van der Waals surface area contributed by atoms with Gasteiger partial charge >= 0.3 is 0 Å². The molecule has 2 aromatic rings. The third-order valence-corrected chi connectivity index (χ3v) is 5.32. The highest BCUT2D eigenvalue weighted by Gasteiger charge is 2.16. The first-order chi connectivity index (χ1) is 11.0. The fourth-order valence-corrected chi connectivity index (χ4v) is 3.17. The van der Waals surface area contributed by atoms with Crippen LogP contribution in [0.5, 0.6) is 0 Å². The summed E-state index contributed by atoms with van der Waals surface area (Å²) < 4.78 is 0. The summed E-state index contributed by atoms with van der Waals surface area (Å²) in [7, 11) is 0. The van der Waals surface area contributed by atoms with Gasteiger partial charge in [-0.25, -0.2) is 0 Å². The second kappa shape index (κ2) is 8.21. The molecule has 2 nitrogen and oxygen atoms in total. The molecule has 0 aromatic heterocycles. The Balaban J connectivity index is 1.88. The van der Waals surface area contributed by atoms with E-state index in [4.69, 9.17) is 0 Å². The zero-order chi connectivity index (χ0) is 16.8. The highest BCUT2D eigenvalue weighted by Crippen LogP contribution is 2.20. The molecular formula is C20H25NOS. The van der Waals surface area contributed by atoms with E-state index in [1.807, 2.05) is 32.0 Å². The lowest BCUT2D eigenvalue weighted by atomic mass is 10.0. The summed E-state index contributed by atoms with van der Waals surface area (Å²) in [6.07, 6.45) is 0. The van der Waals surface area contributed by atoms with E-state index in [0.717, 1.165) is 11.3 Å². The van der Waals surface area contributed by atoms with Crippen LogP contribution in [0.3, 0.4) is 0 Å². The van der Waals surface area contributed by atoms with Gasteiger partial charge in [0.25, 0.3) is 0 Å². The van der Waals surface area contributed by atoms with Gasteiger partial charge in [-0.2, -0.15) is 0 Å². The first kappa shape index (κ1) is 17.6. The van der Waals surface area contributed by atoms with E-state index in [1.165, 1.54) is 16.7 Å². The molecule has 2 atom stereocenters. The molecular weight excluding hydrogens is 302 g/mol. The van der Waals surface area contributed by atoms with E-state index < -0.39 is 0 Å². The summed E-state index contributed by atoms with van der Waals surface area (Å²) in [6, 6.07) is 16.6. The highest BCUT2D eigenvalue weighted by molar-refractivity contribution is 7.99. The third kappa shape index (κ3) is 5.14. The highest BCUT2D eigenvalue weighted by atomic mass is 32.2. The molecule has 0 fully saturated rings. The van der Waals surface area contributed by atoms with E-state index in [2.05, 4.69) is 49.5 Å². The van der Waals surface area contributed by atoms with Gasteiger partial charge in [-0.3, -0.25) is 4.79 Å². The maximum atomic E-state index is 12.4.